The van der Waals surface area contributed by atoms with Gasteiger partial charge in [0.15, 0.2) is 0 Å². The Morgan fingerprint density at radius 1 is 1.24 bits per heavy atom. The van der Waals surface area contributed by atoms with Crippen LogP contribution in [-0.2, 0) is 10.0 Å². The summed E-state index contributed by atoms with van der Waals surface area (Å²) in [7, 11) is -3.91. The van der Waals surface area contributed by atoms with Crippen molar-refractivity contribution in [3.8, 4) is 0 Å². The van der Waals surface area contributed by atoms with Gasteiger partial charge < -0.3 is 5.11 Å². The van der Waals surface area contributed by atoms with E-state index in [0.29, 0.717) is 12.3 Å². The van der Waals surface area contributed by atoms with Crippen molar-refractivity contribution < 1.29 is 18.3 Å². The summed E-state index contributed by atoms with van der Waals surface area (Å²) >= 11 is 11.6. The first kappa shape index (κ1) is 18.2. The van der Waals surface area contributed by atoms with Gasteiger partial charge in [0.1, 0.15) is 4.90 Å². The summed E-state index contributed by atoms with van der Waals surface area (Å²) in [4.78, 5) is 10.7. The Kier molecular flexibility index (Phi) is 6.04. The summed E-state index contributed by atoms with van der Waals surface area (Å²) in [6, 6.07) is 1.79. The maximum Gasteiger partial charge on any atom is 0.337 e. The zero-order valence-electron chi connectivity index (χ0n) is 11.9. The topological polar surface area (TPSA) is 83.5 Å². The highest BCUT2D eigenvalue weighted by molar-refractivity contribution is 7.89. The molecular weight excluding hydrogens is 337 g/mol. The van der Waals surface area contributed by atoms with E-state index >= 15 is 0 Å². The summed E-state index contributed by atoms with van der Waals surface area (Å²) in [5.74, 6) is -0.999. The number of rotatable bonds is 6. The van der Waals surface area contributed by atoms with Crippen molar-refractivity contribution in [2.75, 3.05) is 0 Å². The lowest BCUT2D eigenvalue weighted by Gasteiger charge is -2.17. The van der Waals surface area contributed by atoms with Crippen LogP contribution >= 0.6 is 23.2 Å². The molecule has 1 atom stereocenters. The van der Waals surface area contributed by atoms with Gasteiger partial charge >= 0.3 is 5.97 Å². The normalized spacial score (nSPS) is 13.4. The fraction of sp³-hybridized carbons (Fsp3) is 0.462. The van der Waals surface area contributed by atoms with Crippen LogP contribution in [-0.4, -0.2) is 25.5 Å². The van der Waals surface area contributed by atoms with E-state index < -0.39 is 16.0 Å². The van der Waals surface area contributed by atoms with E-state index in [0.717, 1.165) is 12.1 Å². The van der Waals surface area contributed by atoms with Gasteiger partial charge in [0, 0.05) is 6.04 Å². The number of hydrogen-bond acceptors (Lipinski definition) is 3. The molecule has 0 spiro atoms. The van der Waals surface area contributed by atoms with Gasteiger partial charge in [-0.1, -0.05) is 37.0 Å². The van der Waals surface area contributed by atoms with E-state index in [1.54, 1.807) is 6.92 Å². The van der Waals surface area contributed by atoms with Gasteiger partial charge in [0.25, 0.3) is 0 Å². The number of hydrogen-bond donors (Lipinski definition) is 2. The smallest absolute Gasteiger partial charge is 0.337 e. The molecule has 0 aliphatic heterocycles. The monoisotopic (exact) mass is 353 g/mol. The molecule has 0 bridgehead atoms. The molecule has 0 radical (unpaired) electrons. The van der Waals surface area contributed by atoms with Crippen LogP contribution in [0.5, 0.6) is 0 Å². The average Bonchev–Trinajstić information content (AvgIpc) is 2.25. The Labute approximate surface area is 134 Å². The van der Waals surface area contributed by atoms with Gasteiger partial charge in [-0.05, 0) is 31.4 Å². The third-order valence-electron chi connectivity index (χ3n) is 2.72. The fourth-order valence-corrected chi connectivity index (χ4v) is 4.09. The minimum atomic E-state index is -3.91. The summed E-state index contributed by atoms with van der Waals surface area (Å²) in [5, 5.41) is 8.78. The Balaban J connectivity index is 3.19. The predicted molar refractivity (Wildman–Crippen MR) is 82.7 cm³/mol. The van der Waals surface area contributed by atoms with Crippen molar-refractivity contribution in [3.05, 3.63) is 27.7 Å². The maximum atomic E-state index is 12.3. The Morgan fingerprint density at radius 2 is 1.81 bits per heavy atom. The number of halogens is 2. The molecule has 0 fully saturated rings. The molecule has 0 heterocycles. The summed E-state index contributed by atoms with van der Waals surface area (Å²) in [6.45, 7) is 5.69. The molecule has 5 nitrogen and oxygen atoms in total. The molecule has 1 aromatic carbocycles. The number of benzene rings is 1. The van der Waals surface area contributed by atoms with Crippen LogP contribution < -0.4 is 4.72 Å². The van der Waals surface area contributed by atoms with Gasteiger partial charge in [-0.25, -0.2) is 17.9 Å². The summed E-state index contributed by atoms with van der Waals surface area (Å²) < 4.78 is 27.1. The number of carboxylic acid groups (broad SMARTS) is 1. The minimum Gasteiger partial charge on any atom is -0.478 e. The second-order valence-corrected chi connectivity index (χ2v) is 7.72. The van der Waals surface area contributed by atoms with Gasteiger partial charge in [0.05, 0.1) is 15.6 Å². The van der Waals surface area contributed by atoms with Crippen LogP contribution in [0.1, 0.15) is 37.6 Å². The van der Waals surface area contributed by atoms with Crippen molar-refractivity contribution in [1.29, 1.82) is 0 Å². The zero-order chi connectivity index (χ0) is 16.4. The van der Waals surface area contributed by atoms with Crippen molar-refractivity contribution in [3.63, 3.8) is 0 Å². The molecule has 1 rings (SSSR count). The van der Waals surface area contributed by atoms with E-state index in [9.17, 15) is 13.2 Å². The van der Waals surface area contributed by atoms with Gasteiger partial charge in [-0.15, -0.1) is 0 Å². The highest BCUT2D eigenvalue weighted by Crippen LogP contribution is 2.29. The zero-order valence-corrected chi connectivity index (χ0v) is 14.2. The van der Waals surface area contributed by atoms with Crippen LogP contribution in [0.2, 0.25) is 10.0 Å². The first-order valence-electron chi connectivity index (χ1n) is 6.29. The molecule has 0 aromatic heterocycles. The number of carbonyl (C=O) groups is 1. The number of nitrogens with one attached hydrogen (secondary N) is 1. The number of aromatic carboxylic acids is 1. The lowest BCUT2D eigenvalue weighted by Crippen LogP contribution is -2.33. The van der Waals surface area contributed by atoms with E-state index in [1.807, 2.05) is 13.8 Å². The van der Waals surface area contributed by atoms with Crippen molar-refractivity contribution >= 4 is 39.2 Å². The van der Waals surface area contributed by atoms with Crippen LogP contribution in [0.15, 0.2) is 17.0 Å². The molecule has 118 valence electrons. The van der Waals surface area contributed by atoms with Crippen LogP contribution in [0.3, 0.4) is 0 Å². The summed E-state index contributed by atoms with van der Waals surface area (Å²) in [6.07, 6.45) is 0.649. The molecule has 0 saturated carbocycles. The van der Waals surface area contributed by atoms with E-state index in [-0.39, 0.29) is 26.5 Å². The molecule has 2 N–H and O–H groups in total. The Morgan fingerprint density at radius 3 is 2.29 bits per heavy atom. The predicted octanol–water partition coefficient (Wildman–Crippen LogP) is 3.40. The Bertz CT molecular complexity index is 644. The maximum absolute atomic E-state index is 12.3. The minimum absolute atomic E-state index is 0.110. The van der Waals surface area contributed by atoms with Gasteiger partial charge in [0.2, 0.25) is 10.0 Å². The second kappa shape index (κ2) is 6.96. The quantitative estimate of drug-likeness (QED) is 0.820. The van der Waals surface area contributed by atoms with E-state index in [1.165, 1.54) is 0 Å². The van der Waals surface area contributed by atoms with Crippen LogP contribution in [0.4, 0.5) is 0 Å². The molecule has 0 amide bonds. The molecule has 1 unspecified atom stereocenters. The lowest BCUT2D eigenvalue weighted by molar-refractivity contribution is 0.0697. The van der Waals surface area contributed by atoms with E-state index in [2.05, 4.69) is 4.72 Å². The lowest BCUT2D eigenvalue weighted by atomic mass is 10.1. The van der Waals surface area contributed by atoms with Crippen molar-refractivity contribution in [2.45, 2.75) is 38.1 Å². The molecule has 0 saturated heterocycles. The highest BCUT2D eigenvalue weighted by Gasteiger charge is 2.24. The SMILES string of the molecule is CC(C)CC(C)NS(=O)(=O)c1cc(C(=O)O)c(Cl)cc1Cl. The molecular formula is C13H17Cl2NO4S. The van der Waals surface area contributed by atoms with Gasteiger partial charge in [-0.2, -0.15) is 0 Å². The average molecular weight is 354 g/mol. The third kappa shape index (κ3) is 4.85. The van der Waals surface area contributed by atoms with Crippen molar-refractivity contribution in [2.24, 2.45) is 5.92 Å². The van der Waals surface area contributed by atoms with Crippen molar-refractivity contribution in [1.82, 2.24) is 4.72 Å². The number of sulfonamides is 1. The van der Waals surface area contributed by atoms with E-state index in [4.69, 9.17) is 28.3 Å². The second-order valence-electron chi connectivity index (χ2n) is 5.22. The molecule has 0 aliphatic carbocycles. The third-order valence-corrected chi connectivity index (χ3v) is 5.09. The number of carboxylic acids is 1. The largest absolute Gasteiger partial charge is 0.478 e. The Hall–Kier alpha value is -0.820. The molecule has 8 heteroatoms. The van der Waals surface area contributed by atoms with Crippen LogP contribution in [0.25, 0.3) is 0 Å². The molecule has 21 heavy (non-hydrogen) atoms. The standard InChI is InChI=1S/C13H17Cl2NO4S/c1-7(2)4-8(3)16-21(19,20)12-5-9(13(17)18)10(14)6-11(12)15/h5-8,16H,4H2,1-3H3,(H,17,18). The molecule has 0 aliphatic rings. The first-order chi connectivity index (χ1) is 9.54. The fourth-order valence-electron chi connectivity index (χ4n) is 1.98. The summed E-state index contributed by atoms with van der Waals surface area (Å²) in [5.41, 5.74) is -0.307. The molecule has 1 aromatic rings. The van der Waals surface area contributed by atoms with Crippen LogP contribution in [0, 0.1) is 5.92 Å². The van der Waals surface area contributed by atoms with Gasteiger partial charge in [-0.3, -0.25) is 0 Å². The highest BCUT2D eigenvalue weighted by atomic mass is 35.5. The first-order valence-corrected chi connectivity index (χ1v) is 8.53.